The molecule has 10 heteroatoms. The van der Waals surface area contributed by atoms with Crippen LogP contribution in [0.5, 0.6) is 5.75 Å². The normalized spacial score (nSPS) is 15.9. The summed E-state index contributed by atoms with van der Waals surface area (Å²) >= 11 is 6.10. The molecule has 4 aromatic rings. The van der Waals surface area contributed by atoms with Crippen molar-refractivity contribution < 1.29 is 13.9 Å². The van der Waals surface area contributed by atoms with Gasteiger partial charge >= 0.3 is 0 Å². The lowest BCUT2D eigenvalue weighted by molar-refractivity contribution is 0.0625. The van der Waals surface area contributed by atoms with Gasteiger partial charge in [-0.05, 0) is 37.5 Å². The number of amides is 1. The average Bonchev–Trinajstić information content (AvgIpc) is 3.31. The summed E-state index contributed by atoms with van der Waals surface area (Å²) in [6.45, 7) is 0.985. The van der Waals surface area contributed by atoms with Crippen LogP contribution in [0.4, 0.5) is 10.2 Å². The molecule has 1 saturated heterocycles. The Balaban J connectivity index is 1.37. The van der Waals surface area contributed by atoms with Crippen molar-refractivity contribution in [3.05, 3.63) is 65.3 Å². The number of carbonyl (C=O) groups excluding carboxylic acids is 1. The number of rotatable bonds is 6. The topological polar surface area (TPSA) is 96.0 Å². The Morgan fingerprint density at radius 2 is 2.14 bits per heavy atom. The van der Waals surface area contributed by atoms with Crippen LogP contribution in [0, 0.1) is 5.82 Å². The van der Waals surface area contributed by atoms with E-state index in [-0.39, 0.29) is 17.8 Å². The first kappa shape index (κ1) is 23.0. The van der Waals surface area contributed by atoms with Gasteiger partial charge < -0.3 is 19.9 Å². The van der Waals surface area contributed by atoms with E-state index in [9.17, 15) is 9.18 Å². The number of carbonyl (C=O) groups is 1. The van der Waals surface area contributed by atoms with E-state index in [0.29, 0.717) is 46.5 Å². The van der Waals surface area contributed by atoms with Crippen LogP contribution in [0.15, 0.2) is 48.9 Å². The molecule has 0 spiro atoms. The highest BCUT2D eigenvalue weighted by molar-refractivity contribution is 6.31. The van der Waals surface area contributed by atoms with Gasteiger partial charge in [0, 0.05) is 42.5 Å². The van der Waals surface area contributed by atoms with E-state index >= 15 is 0 Å². The number of benzene rings is 1. The van der Waals surface area contributed by atoms with Crippen LogP contribution >= 0.6 is 11.6 Å². The van der Waals surface area contributed by atoms with Crippen LogP contribution < -0.4 is 10.1 Å². The number of anilines is 1. The molecule has 4 heterocycles. The van der Waals surface area contributed by atoms with E-state index in [0.717, 1.165) is 30.8 Å². The second-order valence-electron chi connectivity index (χ2n) is 8.37. The van der Waals surface area contributed by atoms with Gasteiger partial charge in [-0.3, -0.25) is 4.79 Å². The van der Waals surface area contributed by atoms with Crippen LogP contribution in [0.25, 0.3) is 22.4 Å². The highest BCUT2D eigenvalue weighted by Crippen LogP contribution is 2.29. The average molecular weight is 495 g/mol. The molecule has 180 valence electrons. The van der Waals surface area contributed by atoms with E-state index in [1.807, 2.05) is 17.0 Å². The number of nitrogens with one attached hydrogen (secondary N) is 2. The molecule has 5 rings (SSSR count). The molecule has 1 unspecified atom stereocenters. The van der Waals surface area contributed by atoms with E-state index < -0.39 is 5.82 Å². The van der Waals surface area contributed by atoms with Crippen molar-refractivity contribution in [3.63, 3.8) is 0 Å². The van der Waals surface area contributed by atoms with Gasteiger partial charge in [-0.1, -0.05) is 23.7 Å². The van der Waals surface area contributed by atoms with Crippen molar-refractivity contribution in [2.45, 2.75) is 25.3 Å². The van der Waals surface area contributed by atoms with Gasteiger partial charge in [0.1, 0.15) is 11.4 Å². The Hall–Kier alpha value is -3.72. The van der Waals surface area contributed by atoms with E-state index in [4.69, 9.17) is 16.3 Å². The van der Waals surface area contributed by atoms with Gasteiger partial charge in [0.15, 0.2) is 17.5 Å². The van der Waals surface area contributed by atoms with Crippen molar-refractivity contribution in [3.8, 4) is 17.1 Å². The second kappa shape index (κ2) is 9.87. The fraction of sp³-hybridized carbons (Fsp3) is 0.280. The number of piperidine rings is 1. The van der Waals surface area contributed by atoms with Gasteiger partial charge in [-0.25, -0.2) is 19.3 Å². The molecule has 1 aliphatic rings. The SMILES string of the molecule is COc1ccccc1C(=O)N1CCCCC1CNc1nc(-c2c[nH]c3ncc(Cl)cc23)ncc1F. The maximum atomic E-state index is 14.6. The lowest BCUT2D eigenvalue weighted by Crippen LogP contribution is -2.47. The van der Waals surface area contributed by atoms with Gasteiger partial charge in [0.25, 0.3) is 5.91 Å². The van der Waals surface area contributed by atoms with Crippen LogP contribution in [-0.4, -0.2) is 57.0 Å². The largest absolute Gasteiger partial charge is 0.496 e. The Morgan fingerprint density at radius 3 is 3.00 bits per heavy atom. The number of methoxy groups -OCH3 is 1. The summed E-state index contributed by atoms with van der Waals surface area (Å²) in [6, 6.07) is 8.83. The predicted molar refractivity (Wildman–Crippen MR) is 132 cm³/mol. The Bertz CT molecular complexity index is 1380. The summed E-state index contributed by atoms with van der Waals surface area (Å²) in [5.41, 5.74) is 1.83. The summed E-state index contributed by atoms with van der Waals surface area (Å²) in [5, 5.41) is 4.33. The van der Waals surface area contributed by atoms with E-state index in [1.165, 1.54) is 0 Å². The number of halogens is 2. The van der Waals surface area contributed by atoms with Crippen molar-refractivity contribution >= 4 is 34.4 Å². The zero-order valence-electron chi connectivity index (χ0n) is 19.1. The Morgan fingerprint density at radius 1 is 1.29 bits per heavy atom. The Kier molecular flexibility index (Phi) is 6.50. The van der Waals surface area contributed by atoms with Crippen molar-refractivity contribution in [2.24, 2.45) is 0 Å². The summed E-state index contributed by atoms with van der Waals surface area (Å²) in [7, 11) is 1.55. The van der Waals surface area contributed by atoms with Crippen LogP contribution in [-0.2, 0) is 0 Å². The summed E-state index contributed by atoms with van der Waals surface area (Å²) in [5.74, 6) is 0.295. The first-order chi connectivity index (χ1) is 17.0. The number of aromatic nitrogens is 4. The quantitative estimate of drug-likeness (QED) is 0.394. The number of H-pyrrole nitrogens is 1. The first-order valence-corrected chi connectivity index (χ1v) is 11.8. The highest BCUT2D eigenvalue weighted by Gasteiger charge is 2.29. The molecule has 1 aromatic carbocycles. The van der Waals surface area contributed by atoms with Gasteiger partial charge in [0.05, 0.1) is 23.9 Å². The number of hydrogen-bond donors (Lipinski definition) is 2. The molecule has 2 N–H and O–H groups in total. The minimum atomic E-state index is -0.567. The van der Waals surface area contributed by atoms with Crippen molar-refractivity contribution in [1.29, 1.82) is 0 Å². The smallest absolute Gasteiger partial charge is 0.257 e. The molecule has 0 aliphatic carbocycles. The van der Waals surface area contributed by atoms with Crippen LogP contribution in [0.3, 0.4) is 0 Å². The third-order valence-electron chi connectivity index (χ3n) is 6.21. The number of fused-ring (bicyclic) bond motifs is 1. The van der Waals surface area contributed by atoms with Gasteiger partial charge in [-0.15, -0.1) is 0 Å². The molecule has 0 saturated carbocycles. The molecule has 1 amide bonds. The fourth-order valence-corrected chi connectivity index (χ4v) is 4.61. The Labute approximate surface area is 206 Å². The lowest BCUT2D eigenvalue weighted by Gasteiger charge is -2.36. The zero-order chi connectivity index (χ0) is 24.4. The number of hydrogen-bond acceptors (Lipinski definition) is 6. The number of nitrogens with zero attached hydrogens (tertiary/aromatic N) is 4. The molecule has 0 bridgehead atoms. The fourth-order valence-electron chi connectivity index (χ4n) is 4.45. The minimum absolute atomic E-state index is 0.0783. The molecule has 0 radical (unpaired) electrons. The van der Waals surface area contributed by atoms with E-state index in [1.54, 1.807) is 37.7 Å². The third-order valence-corrected chi connectivity index (χ3v) is 6.42. The minimum Gasteiger partial charge on any atom is -0.496 e. The molecule has 1 aliphatic heterocycles. The van der Waals surface area contributed by atoms with Gasteiger partial charge in [0.2, 0.25) is 0 Å². The van der Waals surface area contributed by atoms with Crippen LogP contribution in [0.1, 0.15) is 29.6 Å². The molecule has 3 aromatic heterocycles. The lowest BCUT2D eigenvalue weighted by atomic mass is 10.0. The van der Waals surface area contributed by atoms with Gasteiger partial charge in [-0.2, -0.15) is 0 Å². The second-order valence-corrected chi connectivity index (χ2v) is 8.81. The number of para-hydroxylation sites is 1. The van der Waals surface area contributed by atoms with Crippen molar-refractivity contribution in [1.82, 2.24) is 24.8 Å². The highest BCUT2D eigenvalue weighted by atomic mass is 35.5. The number of aromatic amines is 1. The number of pyridine rings is 1. The van der Waals surface area contributed by atoms with Crippen molar-refractivity contribution in [2.75, 3.05) is 25.5 Å². The standard InChI is InChI=1S/C25H24ClFN6O2/c1-35-21-8-3-2-7-17(21)25(34)33-9-5-4-6-16(33)12-29-24-20(27)14-31-23(32-24)19-13-30-22-18(19)10-15(26)11-28-22/h2-3,7-8,10-11,13-14,16H,4-6,9,12H2,1H3,(H,28,30)(H,29,31,32). The molecule has 1 fully saturated rings. The molecular weight excluding hydrogens is 471 g/mol. The molecule has 1 atom stereocenters. The molecule has 35 heavy (non-hydrogen) atoms. The summed E-state index contributed by atoms with van der Waals surface area (Å²) in [6.07, 6.45) is 7.12. The van der Waals surface area contributed by atoms with E-state index in [2.05, 4.69) is 25.3 Å². The maximum Gasteiger partial charge on any atom is 0.257 e. The summed E-state index contributed by atoms with van der Waals surface area (Å²) in [4.78, 5) is 31.1. The monoisotopic (exact) mass is 494 g/mol. The van der Waals surface area contributed by atoms with Crippen LogP contribution in [0.2, 0.25) is 5.02 Å². The third kappa shape index (κ3) is 4.64. The first-order valence-electron chi connectivity index (χ1n) is 11.4. The molecular formula is C25H24ClFN6O2. The zero-order valence-corrected chi connectivity index (χ0v) is 19.8. The summed E-state index contributed by atoms with van der Waals surface area (Å²) < 4.78 is 20.0. The molecule has 8 nitrogen and oxygen atoms in total. The number of likely N-dealkylation sites (tertiary alicyclic amines) is 1. The maximum absolute atomic E-state index is 14.6. The number of ether oxygens (including phenoxy) is 1. The predicted octanol–water partition coefficient (Wildman–Crippen LogP) is 4.93.